The second-order valence-electron chi connectivity index (χ2n) is 5.33. The molecule has 1 nitrogen and oxygen atoms in total. The van der Waals surface area contributed by atoms with E-state index in [4.69, 9.17) is 0 Å². The molecule has 1 saturated carbocycles. The van der Waals surface area contributed by atoms with Crippen LogP contribution in [0.3, 0.4) is 0 Å². The fourth-order valence-corrected chi connectivity index (χ4v) is 4.04. The van der Waals surface area contributed by atoms with Crippen LogP contribution in [0.25, 0.3) is 0 Å². The first-order valence-electron chi connectivity index (χ1n) is 7.41. The van der Waals surface area contributed by atoms with E-state index in [1.165, 1.54) is 38.2 Å². The van der Waals surface area contributed by atoms with Gasteiger partial charge in [0.15, 0.2) is 0 Å². The summed E-state index contributed by atoms with van der Waals surface area (Å²) in [7, 11) is 0. The molecule has 3 heteroatoms. The van der Waals surface area contributed by atoms with Crippen LogP contribution in [0.1, 0.15) is 39.0 Å². The summed E-state index contributed by atoms with van der Waals surface area (Å²) < 4.78 is 13.2. The topological polar surface area (TPSA) is 12.0 Å². The molecule has 2 rings (SSSR count). The zero-order chi connectivity index (χ0) is 13.5. The Kier molecular flexibility index (Phi) is 6.18. The molecule has 1 unspecified atom stereocenters. The quantitative estimate of drug-likeness (QED) is 0.772. The van der Waals surface area contributed by atoms with Crippen LogP contribution in [0.4, 0.5) is 4.39 Å². The van der Waals surface area contributed by atoms with Gasteiger partial charge in [0.2, 0.25) is 0 Å². The van der Waals surface area contributed by atoms with Crippen molar-refractivity contribution in [3.63, 3.8) is 0 Å². The van der Waals surface area contributed by atoms with Crippen LogP contribution < -0.4 is 5.32 Å². The molecule has 0 radical (unpaired) electrons. The molecule has 19 heavy (non-hydrogen) atoms. The smallest absolute Gasteiger partial charge is 0.124 e. The molecule has 1 atom stereocenters. The zero-order valence-corrected chi connectivity index (χ0v) is 12.5. The van der Waals surface area contributed by atoms with Crippen molar-refractivity contribution in [1.82, 2.24) is 5.32 Å². The number of hydrogen-bond acceptors (Lipinski definition) is 2. The molecule has 0 aliphatic heterocycles. The summed E-state index contributed by atoms with van der Waals surface area (Å²) in [5.74, 6) is 1.71. The van der Waals surface area contributed by atoms with Crippen LogP contribution in [0.15, 0.2) is 29.2 Å². The summed E-state index contributed by atoms with van der Waals surface area (Å²) in [6, 6.07) is 7.50. The van der Waals surface area contributed by atoms with E-state index >= 15 is 0 Å². The van der Waals surface area contributed by atoms with E-state index in [1.807, 2.05) is 6.07 Å². The van der Waals surface area contributed by atoms with E-state index in [0.717, 1.165) is 23.1 Å². The highest BCUT2D eigenvalue weighted by molar-refractivity contribution is 7.99. The van der Waals surface area contributed by atoms with Gasteiger partial charge in [-0.25, -0.2) is 4.39 Å². The molecular weight excluding hydrogens is 257 g/mol. The summed E-state index contributed by atoms with van der Waals surface area (Å²) in [6.45, 7) is 3.19. The average molecular weight is 281 g/mol. The SMILES string of the molecule is CCNC(CSc1cccc(F)c1)C1CCCCC1. The molecule has 0 aromatic heterocycles. The summed E-state index contributed by atoms with van der Waals surface area (Å²) in [5.41, 5.74) is 0. The van der Waals surface area contributed by atoms with Crippen LogP contribution >= 0.6 is 11.8 Å². The van der Waals surface area contributed by atoms with Crippen LogP contribution in [-0.2, 0) is 0 Å². The van der Waals surface area contributed by atoms with E-state index in [9.17, 15) is 4.39 Å². The number of halogens is 1. The van der Waals surface area contributed by atoms with Gasteiger partial charge in [0.1, 0.15) is 5.82 Å². The van der Waals surface area contributed by atoms with E-state index in [-0.39, 0.29) is 5.82 Å². The van der Waals surface area contributed by atoms with Gasteiger partial charge in [0.05, 0.1) is 0 Å². The van der Waals surface area contributed by atoms with Crippen molar-refractivity contribution < 1.29 is 4.39 Å². The fraction of sp³-hybridized carbons (Fsp3) is 0.625. The predicted octanol–water partition coefficient (Wildman–Crippen LogP) is 4.48. The Morgan fingerprint density at radius 1 is 1.32 bits per heavy atom. The van der Waals surface area contributed by atoms with Crippen molar-refractivity contribution in [2.24, 2.45) is 5.92 Å². The minimum absolute atomic E-state index is 0.136. The molecule has 0 saturated heterocycles. The second-order valence-corrected chi connectivity index (χ2v) is 6.42. The third-order valence-corrected chi connectivity index (χ3v) is 5.02. The molecule has 1 fully saturated rings. The van der Waals surface area contributed by atoms with Crippen molar-refractivity contribution in [2.45, 2.75) is 50.0 Å². The predicted molar refractivity (Wildman–Crippen MR) is 81.2 cm³/mol. The number of thioether (sulfide) groups is 1. The molecule has 0 amide bonds. The molecule has 0 spiro atoms. The Hall–Kier alpha value is -0.540. The van der Waals surface area contributed by atoms with Crippen LogP contribution in [0, 0.1) is 11.7 Å². The third kappa shape index (κ3) is 4.81. The van der Waals surface area contributed by atoms with Gasteiger partial charge < -0.3 is 5.32 Å². The Morgan fingerprint density at radius 2 is 2.11 bits per heavy atom. The monoisotopic (exact) mass is 281 g/mol. The second kappa shape index (κ2) is 7.91. The van der Waals surface area contributed by atoms with Crippen molar-refractivity contribution >= 4 is 11.8 Å². The van der Waals surface area contributed by atoms with Gasteiger partial charge in [-0.05, 0) is 43.5 Å². The number of hydrogen-bond donors (Lipinski definition) is 1. The minimum atomic E-state index is -0.136. The molecular formula is C16H24FNS. The molecule has 1 aliphatic rings. The van der Waals surface area contributed by atoms with Gasteiger partial charge in [-0.2, -0.15) is 0 Å². The normalized spacial score (nSPS) is 18.4. The van der Waals surface area contributed by atoms with Gasteiger partial charge >= 0.3 is 0 Å². The first-order chi connectivity index (χ1) is 9.29. The first kappa shape index (κ1) is 14.9. The molecule has 0 heterocycles. The minimum Gasteiger partial charge on any atom is -0.313 e. The molecule has 1 N–H and O–H groups in total. The Labute approximate surface area is 120 Å². The number of rotatable bonds is 6. The lowest BCUT2D eigenvalue weighted by Gasteiger charge is -2.30. The van der Waals surface area contributed by atoms with Crippen molar-refractivity contribution in [1.29, 1.82) is 0 Å². The highest BCUT2D eigenvalue weighted by Crippen LogP contribution is 2.29. The van der Waals surface area contributed by atoms with Crippen molar-refractivity contribution in [2.75, 3.05) is 12.3 Å². The van der Waals surface area contributed by atoms with Gasteiger partial charge in [-0.3, -0.25) is 0 Å². The fourth-order valence-electron chi connectivity index (χ4n) is 2.90. The maximum Gasteiger partial charge on any atom is 0.124 e. The van der Waals surface area contributed by atoms with E-state index in [1.54, 1.807) is 23.9 Å². The van der Waals surface area contributed by atoms with E-state index < -0.39 is 0 Å². The molecule has 1 aliphatic carbocycles. The maximum absolute atomic E-state index is 13.2. The van der Waals surface area contributed by atoms with Gasteiger partial charge in [0, 0.05) is 16.7 Å². The average Bonchev–Trinajstić information content (AvgIpc) is 2.44. The molecule has 1 aromatic carbocycles. The van der Waals surface area contributed by atoms with Crippen LogP contribution in [0.2, 0.25) is 0 Å². The zero-order valence-electron chi connectivity index (χ0n) is 11.7. The maximum atomic E-state index is 13.2. The molecule has 106 valence electrons. The largest absolute Gasteiger partial charge is 0.313 e. The van der Waals surface area contributed by atoms with Crippen LogP contribution in [0.5, 0.6) is 0 Å². The van der Waals surface area contributed by atoms with Gasteiger partial charge in [0.25, 0.3) is 0 Å². The Balaban J connectivity index is 1.89. The Morgan fingerprint density at radius 3 is 2.79 bits per heavy atom. The first-order valence-corrected chi connectivity index (χ1v) is 8.40. The lowest BCUT2D eigenvalue weighted by molar-refractivity contribution is 0.288. The van der Waals surface area contributed by atoms with Crippen molar-refractivity contribution in [3.05, 3.63) is 30.1 Å². The van der Waals surface area contributed by atoms with E-state index in [0.29, 0.717) is 6.04 Å². The van der Waals surface area contributed by atoms with Crippen LogP contribution in [-0.4, -0.2) is 18.3 Å². The summed E-state index contributed by atoms with van der Waals surface area (Å²) in [6.07, 6.45) is 6.84. The number of nitrogens with one attached hydrogen (secondary N) is 1. The molecule has 1 aromatic rings. The summed E-state index contributed by atoms with van der Waals surface area (Å²) >= 11 is 1.77. The summed E-state index contributed by atoms with van der Waals surface area (Å²) in [4.78, 5) is 1.04. The van der Waals surface area contributed by atoms with Gasteiger partial charge in [-0.15, -0.1) is 11.8 Å². The Bertz CT molecular complexity index is 377. The third-order valence-electron chi connectivity index (χ3n) is 3.91. The van der Waals surface area contributed by atoms with E-state index in [2.05, 4.69) is 12.2 Å². The molecule has 0 bridgehead atoms. The summed E-state index contributed by atoms with van der Waals surface area (Å²) in [5, 5.41) is 3.62. The van der Waals surface area contributed by atoms with Crippen molar-refractivity contribution in [3.8, 4) is 0 Å². The lowest BCUT2D eigenvalue weighted by atomic mass is 9.84. The number of benzene rings is 1. The van der Waals surface area contributed by atoms with Gasteiger partial charge in [-0.1, -0.05) is 32.3 Å². The highest BCUT2D eigenvalue weighted by atomic mass is 32.2. The standard InChI is InChI=1S/C16H24FNS/c1-2-18-16(13-7-4-3-5-8-13)12-19-15-10-6-9-14(17)11-15/h6,9-11,13,16,18H,2-5,7-8,12H2,1H3. The highest BCUT2D eigenvalue weighted by Gasteiger charge is 2.22. The lowest BCUT2D eigenvalue weighted by Crippen LogP contribution is -2.39.